The Kier molecular flexibility index (Phi) is 7.63. The van der Waals surface area contributed by atoms with E-state index in [1.54, 1.807) is 30.3 Å². The third-order valence-corrected chi connectivity index (χ3v) is 9.41. The van der Waals surface area contributed by atoms with Gasteiger partial charge in [-0.05, 0) is 85.8 Å². The number of benzene rings is 3. The van der Waals surface area contributed by atoms with E-state index in [2.05, 4.69) is 37.2 Å². The Bertz CT molecular complexity index is 1690. The number of hydrogen-bond donors (Lipinski definition) is 2. The number of aromatic nitrogens is 1. The Labute approximate surface area is 236 Å². The summed E-state index contributed by atoms with van der Waals surface area (Å²) >= 11 is 3.45. The van der Waals surface area contributed by atoms with Gasteiger partial charge < -0.3 is 10.3 Å². The van der Waals surface area contributed by atoms with Gasteiger partial charge in [0.1, 0.15) is 10.6 Å². The van der Waals surface area contributed by atoms with Crippen LogP contribution in [0.3, 0.4) is 0 Å². The summed E-state index contributed by atoms with van der Waals surface area (Å²) in [7, 11) is -3.99. The first kappa shape index (κ1) is 27.1. The van der Waals surface area contributed by atoms with Crippen LogP contribution < -0.4 is 5.32 Å². The van der Waals surface area contributed by atoms with Crippen LogP contribution in [0, 0.1) is 25.2 Å². The molecule has 2 heterocycles. The summed E-state index contributed by atoms with van der Waals surface area (Å²) in [6.45, 7) is 6.03. The maximum Gasteiger partial charge on any atom is 0.269 e. The SMILES string of the molecule is Cc1cc(C)cc(S(=O)(=O)c2c(C(=O)NC3CCN(Cc4cccc(C#N)c4)CC3)[nH]c3ccc(Br)cc23)c1. The Hall–Kier alpha value is -3.45. The van der Waals surface area contributed by atoms with Gasteiger partial charge in [0, 0.05) is 41.1 Å². The number of carbonyl (C=O) groups excluding carboxylic acids is 1. The lowest BCUT2D eigenvalue weighted by molar-refractivity contribution is 0.0901. The van der Waals surface area contributed by atoms with E-state index in [9.17, 15) is 13.2 Å². The second-order valence-corrected chi connectivity index (χ2v) is 13.0. The summed E-state index contributed by atoms with van der Waals surface area (Å²) in [5, 5.41) is 12.7. The van der Waals surface area contributed by atoms with Gasteiger partial charge in [0.15, 0.2) is 0 Å². The van der Waals surface area contributed by atoms with E-state index >= 15 is 0 Å². The summed E-state index contributed by atoms with van der Waals surface area (Å²) in [4.78, 5) is 19.1. The number of piperidine rings is 1. The predicted octanol–water partition coefficient (Wildman–Crippen LogP) is 5.65. The van der Waals surface area contributed by atoms with E-state index in [4.69, 9.17) is 5.26 Å². The van der Waals surface area contributed by atoms with Crippen molar-refractivity contribution in [2.45, 2.75) is 49.1 Å². The molecule has 4 aromatic rings. The summed E-state index contributed by atoms with van der Waals surface area (Å²) in [5.74, 6) is -0.426. The molecular formula is C30H29BrN4O3S. The van der Waals surface area contributed by atoms with E-state index in [1.807, 2.05) is 44.2 Å². The first-order valence-electron chi connectivity index (χ1n) is 12.8. The molecule has 0 unspecified atom stereocenters. The monoisotopic (exact) mass is 604 g/mol. The molecule has 1 amide bonds. The molecule has 0 spiro atoms. The van der Waals surface area contributed by atoms with Crippen LogP contribution >= 0.6 is 15.9 Å². The lowest BCUT2D eigenvalue weighted by Gasteiger charge is -2.32. The van der Waals surface area contributed by atoms with Gasteiger partial charge >= 0.3 is 0 Å². The number of nitrogens with one attached hydrogen (secondary N) is 2. The fourth-order valence-corrected chi connectivity index (χ4v) is 7.42. The molecular weight excluding hydrogens is 576 g/mol. The van der Waals surface area contributed by atoms with Gasteiger partial charge in [-0.1, -0.05) is 34.1 Å². The standard InChI is InChI=1S/C30H29BrN4O3S/c1-19-12-20(2)14-25(13-19)39(37,38)29-26-16-23(31)6-7-27(26)34-28(29)30(36)33-24-8-10-35(11-9-24)18-22-5-3-4-21(15-22)17-32/h3-7,12-16,24,34H,8-11,18H2,1-2H3,(H,33,36). The Balaban J connectivity index is 1.38. The molecule has 0 bridgehead atoms. The number of aryl methyl sites for hydroxylation is 2. The molecule has 3 aromatic carbocycles. The number of nitrogens with zero attached hydrogens (tertiary/aromatic N) is 2. The summed E-state index contributed by atoms with van der Waals surface area (Å²) in [6, 6.07) is 20.2. The highest BCUT2D eigenvalue weighted by Crippen LogP contribution is 2.34. The lowest BCUT2D eigenvalue weighted by Crippen LogP contribution is -2.44. The van der Waals surface area contributed by atoms with E-state index in [0.29, 0.717) is 16.5 Å². The predicted molar refractivity (Wildman–Crippen MR) is 154 cm³/mol. The molecule has 0 saturated carbocycles. The Morgan fingerprint density at radius 2 is 1.79 bits per heavy atom. The second-order valence-electron chi connectivity index (χ2n) is 10.2. The zero-order chi connectivity index (χ0) is 27.7. The molecule has 0 aliphatic carbocycles. The molecule has 0 atom stereocenters. The number of carbonyl (C=O) groups is 1. The molecule has 1 aliphatic heterocycles. The summed E-state index contributed by atoms with van der Waals surface area (Å²) in [5.41, 5.74) is 4.05. The van der Waals surface area contributed by atoms with E-state index in [0.717, 1.165) is 53.6 Å². The zero-order valence-electron chi connectivity index (χ0n) is 21.8. The molecule has 39 heavy (non-hydrogen) atoms. The molecule has 7 nitrogen and oxygen atoms in total. The minimum atomic E-state index is -3.99. The third kappa shape index (κ3) is 5.78. The largest absolute Gasteiger partial charge is 0.349 e. The van der Waals surface area contributed by atoms with Gasteiger partial charge in [-0.2, -0.15) is 5.26 Å². The van der Waals surface area contributed by atoms with Crippen LogP contribution in [0.2, 0.25) is 0 Å². The number of amides is 1. The number of H-pyrrole nitrogens is 1. The molecule has 1 saturated heterocycles. The highest BCUT2D eigenvalue weighted by molar-refractivity contribution is 9.10. The number of aromatic amines is 1. The van der Waals surface area contributed by atoms with Crippen LogP contribution in [0.25, 0.3) is 10.9 Å². The number of hydrogen-bond acceptors (Lipinski definition) is 5. The number of sulfone groups is 1. The average Bonchev–Trinajstić information content (AvgIpc) is 3.29. The Morgan fingerprint density at radius 3 is 2.49 bits per heavy atom. The summed E-state index contributed by atoms with van der Waals surface area (Å²) in [6.07, 6.45) is 1.49. The average molecular weight is 606 g/mol. The topological polar surface area (TPSA) is 106 Å². The van der Waals surface area contributed by atoms with Crippen molar-refractivity contribution in [3.05, 3.63) is 93.1 Å². The van der Waals surface area contributed by atoms with Crippen molar-refractivity contribution >= 4 is 42.6 Å². The van der Waals surface area contributed by atoms with Crippen LogP contribution in [-0.4, -0.2) is 43.3 Å². The van der Waals surface area contributed by atoms with Gasteiger partial charge in [-0.25, -0.2) is 8.42 Å². The van der Waals surface area contributed by atoms with Crippen molar-refractivity contribution in [3.63, 3.8) is 0 Å². The maximum absolute atomic E-state index is 14.0. The Morgan fingerprint density at radius 1 is 1.08 bits per heavy atom. The first-order chi connectivity index (χ1) is 18.6. The van der Waals surface area contributed by atoms with Crippen LogP contribution in [-0.2, 0) is 16.4 Å². The summed E-state index contributed by atoms with van der Waals surface area (Å²) < 4.78 is 28.7. The van der Waals surface area contributed by atoms with Crippen molar-refractivity contribution in [1.82, 2.24) is 15.2 Å². The van der Waals surface area contributed by atoms with Gasteiger partial charge in [0.2, 0.25) is 9.84 Å². The molecule has 5 rings (SSSR count). The van der Waals surface area contributed by atoms with Gasteiger partial charge in [0.25, 0.3) is 5.91 Å². The fourth-order valence-electron chi connectivity index (χ4n) is 5.27. The molecule has 9 heteroatoms. The highest BCUT2D eigenvalue weighted by atomic mass is 79.9. The van der Waals surface area contributed by atoms with Crippen molar-refractivity contribution in [3.8, 4) is 6.07 Å². The third-order valence-electron chi connectivity index (χ3n) is 7.10. The smallest absolute Gasteiger partial charge is 0.269 e. The van der Waals surface area contributed by atoms with Crippen LogP contribution in [0.1, 0.15) is 45.6 Å². The van der Waals surface area contributed by atoms with Crippen LogP contribution in [0.5, 0.6) is 0 Å². The quantitative estimate of drug-likeness (QED) is 0.296. The van der Waals surface area contributed by atoms with Gasteiger partial charge in [0.05, 0.1) is 16.5 Å². The van der Waals surface area contributed by atoms with E-state index in [1.165, 1.54) is 0 Å². The van der Waals surface area contributed by atoms with E-state index in [-0.39, 0.29) is 21.5 Å². The van der Waals surface area contributed by atoms with E-state index < -0.39 is 15.7 Å². The number of fused-ring (bicyclic) bond motifs is 1. The second kappa shape index (κ2) is 11.0. The van der Waals surface area contributed by atoms with Crippen molar-refractivity contribution in [2.75, 3.05) is 13.1 Å². The molecule has 1 aliphatic rings. The van der Waals surface area contributed by atoms with Crippen LogP contribution in [0.15, 0.2) is 74.9 Å². The molecule has 0 radical (unpaired) electrons. The number of likely N-dealkylation sites (tertiary alicyclic amines) is 1. The molecule has 200 valence electrons. The number of nitriles is 1. The number of rotatable bonds is 6. The fraction of sp³-hybridized carbons (Fsp3) is 0.267. The van der Waals surface area contributed by atoms with Crippen molar-refractivity contribution in [1.29, 1.82) is 5.26 Å². The number of halogens is 1. The maximum atomic E-state index is 14.0. The highest BCUT2D eigenvalue weighted by Gasteiger charge is 2.31. The normalized spacial score (nSPS) is 14.8. The van der Waals surface area contributed by atoms with Crippen molar-refractivity contribution < 1.29 is 13.2 Å². The van der Waals surface area contributed by atoms with Gasteiger partial charge in [-0.3, -0.25) is 9.69 Å². The van der Waals surface area contributed by atoms with Gasteiger partial charge in [-0.15, -0.1) is 0 Å². The first-order valence-corrected chi connectivity index (χ1v) is 15.1. The molecule has 1 fully saturated rings. The minimum Gasteiger partial charge on any atom is -0.349 e. The zero-order valence-corrected chi connectivity index (χ0v) is 24.2. The lowest BCUT2D eigenvalue weighted by atomic mass is 10.0. The molecule has 2 N–H and O–H groups in total. The van der Waals surface area contributed by atoms with Crippen LogP contribution in [0.4, 0.5) is 0 Å². The minimum absolute atomic E-state index is 0.00360. The van der Waals surface area contributed by atoms with Crippen molar-refractivity contribution in [2.24, 2.45) is 0 Å². The molecule has 1 aromatic heterocycles.